The first-order valence-corrected chi connectivity index (χ1v) is 5.94. The van der Waals surface area contributed by atoms with E-state index in [-0.39, 0.29) is 0 Å². The predicted octanol–water partition coefficient (Wildman–Crippen LogP) is 2.50. The second-order valence-corrected chi connectivity index (χ2v) is 4.05. The standard InChI is InChI=1S/C13H22N2O2/c1-4-17-13-8-11(14)7-12(9-13)15-10(2)5-6-16-3/h7-10,15H,4-6,14H2,1-3H3. The van der Waals surface area contributed by atoms with E-state index < -0.39 is 0 Å². The van der Waals surface area contributed by atoms with Gasteiger partial charge in [-0.25, -0.2) is 0 Å². The lowest BCUT2D eigenvalue weighted by Gasteiger charge is -2.16. The number of ether oxygens (including phenoxy) is 2. The van der Waals surface area contributed by atoms with Crippen molar-refractivity contribution in [1.29, 1.82) is 0 Å². The molecule has 0 fully saturated rings. The third-order valence-electron chi connectivity index (χ3n) is 2.41. The fourth-order valence-electron chi connectivity index (χ4n) is 1.61. The van der Waals surface area contributed by atoms with E-state index in [9.17, 15) is 0 Å². The van der Waals surface area contributed by atoms with Crippen LogP contribution in [0.5, 0.6) is 5.75 Å². The number of nitrogen functional groups attached to an aromatic ring is 1. The van der Waals surface area contributed by atoms with Crippen LogP contribution in [0.1, 0.15) is 20.3 Å². The number of nitrogens with two attached hydrogens (primary N) is 1. The third kappa shape index (κ3) is 4.95. The minimum Gasteiger partial charge on any atom is -0.494 e. The Kier molecular flexibility index (Phi) is 5.63. The van der Waals surface area contributed by atoms with Crippen molar-refractivity contribution in [1.82, 2.24) is 0 Å². The second kappa shape index (κ2) is 7.01. The highest BCUT2D eigenvalue weighted by Crippen LogP contribution is 2.23. The van der Waals surface area contributed by atoms with Gasteiger partial charge in [-0.2, -0.15) is 0 Å². The molecule has 4 nitrogen and oxygen atoms in total. The number of nitrogens with one attached hydrogen (secondary N) is 1. The van der Waals surface area contributed by atoms with E-state index in [1.54, 1.807) is 7.11 Å². The minimum atomic E-state index is 0.339. The van der Waals surface area contributed by atoms with Gasteiger partial charge in [0.15, 0.2) is 0 Å². The molecule has 0 aliphatic rings. The summed E-state index contributed by atoms with van der Waals surface area (Å²) in [6.45, 7) is 5.46. The summed E-state index contributed by atoms with van der Waals surface area (Å²) in [7, 11) is 1.71. The Balaban J connectivity index is 2.63. The summed E-state index contributed by atoms with van der Waals surface area (Å²) in [6.07, 6.45) is 0.954. The van der Waals surface area contributed by atoms with Crippen molar-refractivity contribution in [3.63, 3.8) is 0 Å². The van der Waals surface area contributed by atoms with Crippen LogP contribution in [0.4, 0.5) is 11.4 Å². The molecule has 1 aromatic rings. The molecule has 0 aliphatic carbocycles. The Morgan fingerprint density at radius 3 is 2.76 bits per heavy atom. The van der Waals surface area contributed by atoms with Crippen LogP contribution in [0.25, 0.3) is 0 Å². The van der Waals surface area contributed by atoms with Gasteiger partial charge in [-0.05, 0) is 26.3 Å². The fourth-order valence-corrected chi connectivity index (χ4v) is 1.61. The smallest absolute Gasteiger partial charge is 0.123 e. The molecule has 1 aromatic carbocycles. The van der Waals surface area contributed by atoms with Gasteiger partial charge in [0.05, 0.1) is 6.61 Å². The summed E-state index contributed by atoms with van der Waals surface area (Å²) in [5.41, 5.74) is 7.51. The van der Waals surface area contributed by atoms with Crippen molar-refractivity contribution in [2.75, 3.05) is 31.4 Å². The molecule has 17 heavy (non-hydrogen) atoms. The zero-order valence-corrected chi connectivity index (χ0v) is 10.8. The van der Waals surface area contributed by atoms with Gasteiger partial charge in [0.2, 0.25) is 0 Å². The zero-order valence-electron chi connectivity index (χ0n) is 10.8. The minimum absolute atomic E-state index is 0.339. The molecule has 1 unspecified atom stereocenters. The first-order valence-electron chi connectivity index (χ1n) is 5.94. The summed E-state index contributed by atoms with van der Waals surface area (Å²) in [5.74, 6) is 0.800. The van der Waals surface area contributed by atoms with Crippen molar-refractivity contribution >= 4 is 11.4 Å². The molecule has 0 radical (unpaired) electrons. The Labute approximate surface area is 103 Å². The summed E-state index contributed by atoms with van der Waals surface area (Å²) in [4.78, 5) is 0. The van der Waals surface area contributed by atoms with Crippen LogP contribution in [0, 0.1) is 0 Å². The van der Waals surface area contributed by atoms with E-state index in [4.69, 9.17) is 15.2 Å². The summed E-state index contributed by atoms with van der Waals surface area (Å²) in [6, 6.07) is 6.04. The van der Waals surface area contributed by atoms with E-state index >= 15 is 0 Å². The van der Waals surface area contributed by atoms with Gasteiger partial charge in [0, 0.05) is 43.3 Å². The molecule has 1 atom stereocenters. The van der Waals surface area contributed by atoms with Crippen LogP contribution in [0.2, 0.25) is 0 Å². The molecule has 1 rings (SSSR count). The number of hydrogen-bond acceptors (Lipinski definition) is 4. The largest absolute Gasteiger partial charge is 0.494 e. The van der Waals surface area contributed by atoms with Crippen molar-refractivity contribution in [2.45, 2.75) is 26.3 Å². The number of methoxy groups -OCH3 is 1. The van der Waals surface area contributed by atoms with Gasteiger partial charge < -0.3 is 20.5 Å². The number of anilines is 2. The number of benzene rings is 1. The summed E-state index contributed by atoms with van der Waals surface area (Å²) >= 11 is 0. The highest BCUT2D eigenvalue weighted by atomic mass is 16.5. The molecule has 0 spiro atoms. The molecule has 0 saturated heterocycles. The van der Waals surface area contributed by atoms with Crippen LogP contribution < -0.4 is 15.8 Å². The monoisotopic (exact) mass is 238 g/mol. The van der Waals surface area contributed by atoms with E-state index in [1.165, 1.54) is 0 Å². The van der Waals surface area contributed by atoms with Gasteiger partial charge in [0.1, 0.15) is 5.75 Å². The van der Waals surface area contributed by atoms with Crippen LogP contribution >= 0.6 is 0 Å². The normalized spacial score (nSPS) is 12.2. The fraction of sp³-hybridized carbons (Fsp3) is 0.538. The molecule has 0 aliphatic heterocycles. The lowest BCUT2D eigenvalue weighted by Crippen LogP contribution is -2.17. The molecule has 0 saturated carbocycles. The average molecular weight is 238 g/mol. The average Bonchev–Trinajstić information content (AvgIpc) is 2.26. The molecule has 0 bridgehead atoms. The topological polar surface area (TPSA) is 56.5 Å². The van der Waals surface area contributed by atoms with Crippen molar-refractivity contribution in [2.24, 2.45) is 0 Å². The maximum absolute atomic E-state index is 5.82. The third-order valence-corrected chi connectivity index (χ3v) is 2.41. The van der Waals surface area contributed by atoms with Crippen LogP contribution in [-0.4, -0.2) is 26.4 Å². The predicted molar refractivity (Wildman–Crippen MR) is 71.6 cm³/mol. The first kappa shape index (κ1) is 13.6. The number of hydrogen-bond donors (Lipinski definition) is 2. The van der Waals surface area contributed by atoms with E-state index in [1.807, 2.05) is 25.1 Å². The molecule has 0 amide bonds. The molecule has 4 heteroatoms. The van der Waals surface area contributed by atoms with E-state index in [0.29, 0.717) is 18.3 Å². The molecule has 0 aromatic heterocycles. The Hall–Kier alpha value is -1.42. The van der Waals surface area contributed by atoms with E-state index in [2.05, 4.69) is 12.2 Å². The van der Waals surface area contributed by atoms with Gasteiger partial charge in [-0.1, -0.05) is 0 Å². The van der Waals surface area contributed by atoms with Gasteiger partial charge >= 0.3 is 0 Å². The van der Waals surface area contributed by atoms with Crippen LogP contribution in [-0.2, 0) is 4.74 Å². The molecule has 96 valence electrons. The Bertz CT molecular complexity index is 342. The van der Waals surface area contributed by atoms with Crippen molar-refractivity contribution in [3.05, 3.63) is 18.2 Å². The number of rotatable bonds is 7. The summed E-state index contributed by atoms with van der Waals surface area (Å²) < 4.78 is 10.5. The summed E-state index contributed by atoms with van der Waals surface area (Å²) in [5, 5.41) is 3.38. The highest BCUT2D eigenvalue weighted by molar-refractivity contribution is 5.59. The lowest BCUT2D eigenvalue weighted by molar-refractivity contribution is 0.191. The van der Waals surface area contributed by atoms with Crippen LogP contribution in [0.15, 0.2) is 18.2 Å². The second-order valence-electron chi connectivity index (χ2n) is 4.05. The lowest BCUT2D eigenvalue weighted by atomic mass is 10.2. The zero-order chi connectivity index (χ0) is 12.7. The Morgan fingerprint density at radius 2 is 2.12 bits per heavy atom. The Morgan fingerprint density at radius 1 is 1.35 bits per heavy atom. The molecule has 0 heterocycles. The molecular weight excluding hydrogens is 216 g/mol. The first-order chi connectivity index (χ1) is 8.15. The van der Waals surface area contributed by atoms with Crippen LogP contribution in [0.3, 0.4) is 0 Å². The highest BCUT2D eigenvalue weighted by Gasteiger charge is 2.04. The maximum atomic E-state index is 5.82. The SMILES string of the molecule is CCOc1cc(N)cc(NC(C)CCOC)c1. The van der Waals surface area contributed by atoms with E-state index in [0.717, 1.165) is 24.5 Å². The molecule has 3 N–H and O–H groups in total. The van der Waals surface area contributed by atoms with Crippen molar-refractivity contribution in [3.8, 4) is 5.75 Å². The van der Waals surface area contributed by atoms with Crippen molar-refractivity contribution < 1.29 is 9.47 Å². The molecular formula is C13H22N2O2. The quantitative estimate of drug-likeness (QED) is 0.717. The maximum Gasteiger partial charge on any atom is 0.123 e. The van der Waals surface area contributed by atoms with Gasteiger partial charge in [-0.15, -0.1) is 0 Å². The van der Waals surface area contributed by atoms with Gasteiger partial charge in [-0.3, -0.25) is 0 Å². The van der Waals surface area contributed by atoms with Gasteiger partial charge in [0.25, 0.3) is 0 Å².